The van der Waals surface area contributed by atoms with Gasteiger partial charge in [0, 0.05) is 30.0 Å². The predicted octanol–water partition coefficient (Wildman–Crippen LogP) is 9.79. The second-order valence-corrected chi connectivity index (χ2v) is 19.7. The van der Waals surface area contributed by atoms with Crippen molar-refractivity contribution in [2.45, 2.75) is 168 Å². The molecule has 1 aliphatic heterocycles. The molecule has 0 spiro atoms. The van der Waals surface area contributed by atoms with Crippen molar-refractivity contribution in [1.82, 2.24) is 10.2 Å². The number of esters is 2. The Morgan fingerprint density at radius 1 is 0.878 bits per heavy atom. The van der Waals surface area contributed by atoms with Crippen molar-refractivity contribution in [3.63, 3.8) is 0 Å². The minimum Gasteiger partial charge on any atom is -0.465 e. The summed E-state index contributed by atoms with van der Waals surface area (Å²) in [6.07, 6.45) is 3.79. The van der Waals surface area contributed by atoms with Crippen LogP contribution in [0.15, 0.2) is 11.3 Å². The smallest absolute Gasteiger partial charge is 0.317 e. The second-order valence-electron chi connectivity index (χ2n) is 19.7. The van der Waals surface area contributed by atoms with Gasteiger partial charge in [0.25, 0.3) is 0 Å². The number of rotatable bonds is 12. The summed E-state index contributed by atoms with van der Waals surface area (Å²) in [6, 6.07) is 0. The van der Waals surface area contributed by atoms with Gasteiger partial charge >= 0.3 is 11.9 Å². The van der Waals surface area contributed by atoms with Crippen LogP contribution in [0.3, 0.4) is 0 Å². The molecule has 0 bridgehead atoms. The Labute approximate surface area is 301 Å². The van der Waals surface area contributed by atoms with Crippen LogP contribution in [0.4, 0.5) is 0 Å². The number of carbonyl (C=O) groups is 3. The van der Waals surface area contributed by atoms with Gasteiger partial charge in [-0.3, -0.25) is 14.4 Å². The number of hydrogen-bond acceptors (Lipinski definition) is 6. The van der Waals surface area contributed by atoms with Crippen molar-refractivity contribution in [3.8, 4) is 0 Å². The molecule has 0 saturated heterocycles. The summed E-state index contributed by atoms with van der Waals surface area (Å²) in [5.41, 5.74) is 0.512. The zero-order valence-corrected chi connectivity index (χ0v) is 35.0. The van der Waals surface area contributed by atoms with E-state index < -0.39 is 22.9 Å². The van der Waals surface area contributed by atoms with E-state index in [1.165, 1.54) is 0 Å². The van der Waals surface area contributed by atoms with Crippen molar-refractivity contribution < 1.29 is 23.9 Å². The number of carbonyl (C=O) groups excluding carboxylic acids is 3. The summed E-state index contributed by atoms with van der Waals surface area (Å²) in [5.74, 6) is 0.0484. The van der Waals surface area contributed by atoms with E-state index in [2.05, 4.69) is 79.5 Å². The summed E-state index contributed by atoms with van der Waals surface area (Å²) < 4.78 is 12.5. The fraction of sp³-hybridized carbons (Fsp3) is 0.881. The molecule has 1 heterocycles. The maximum absolute atomic E-state index is 14.7. The first-order valence-corrected chi connectivity index (χ1v) is 19.3. The van der Waals surface area contributed by atoms with Crippen LogP contribution in [0.1, 0.15) is 156 Å². The standard InChI is InChI=1S/C42H76N2O5/c1-19-42(20-2,22-21-23-48-37(47)41(16,17)40(13,14)15)36(46)43-34-32(31(26(3)4)28(6)44(34)18)35(45)49-33-29(38(7,8)9)24-27(5)25-30(33)39(10,11)12/h26-27,29-30,32-34H,19-25H2,1-18H3,(H,43,46). The Morgan fingerprint density at radius 3 is 1.78 bits per heavy atom. The fourth-order valence-corrected chi connectivity index (χ4v) is 8.21. The van der Waals surface area contributed by atoms with Gasteiger partial charge in [-0.1, -0.05) is 96.9 Å². The van der Waals surface area contributed by atoms with Gasteiger partial charge in [0.05, 0.1) is 12.0 Å². The van der Waals surface area contributed by atoms with Crippen LogP contribution in [0.5, 0.6) is 0 Å². The van der Waals surface area contributed by atoms with Crippen LogP contribution in [0, 0.1) is 56.7 Å². The molecule has 1 fully saturated rings. The molecule has 284 valence electrons. The van der Waals surface area contributed by atoms with Crippen molar-refractivity contribution in [2.75, 3.05) is 13.7 Å². The lowest BCUT2D eigenvalue weighted by atomic mass is 9.59. The predicted molar refractivity (Wildman–Crippen MR) is 201 cm³/mol. The monoisotopic (exact) mass is 689 g/mol. The zero-order chi connectivity index (χ0) is 38.1. The van der Waals surface area contributed by atoms with Gasteiger partial charge in [0.15, 0.2) is 0 Å². The Kier molecular flexibility index (Phi) is 13.8. The Morgan fingerprint density at radius 2 is 1.37 bits per heavy atom. The largest absolute Gasteiger partial charge is 0.465 e. The maximum Gasteiger partial charge on any atom is 0.317 e. The number of amides is 1. The highest BCUT2D eigenvalue weighted by atomic mass is 16.5. The molecular formula is C42H76N2O5. The normalized spacial score (nSPS) is 25.9. The highest BCUT2D eigenvalue weighted by Crippen LogP contribution is 2.50. The molecule has 2 rings (SSSR count). The lowest BCUT2D eigenvalue weighted by Crippen LogP contribution is -2.55. The summed E-state index contributed by atoms with van der Waals surface area (Å²) in [5, 5.41) is 3.38. The first-order valence-electron chi connectivity index (χ1n) is 19.3. The Bertz CT molecular complexity index is 1170. The number of allylic oxidation sites excluding steroid dienone is 1. The van der Waals surface area contributed by atoms with Crippen LogP contribution < -0.4 is 5.32 Å². The van der Waals surface area contributed by atoms with Gasteiger partial charge in [-0.15, -0.1) is 0 Å². The molecule has 1 N–H and O–H groups in total. The first-order chi connectivity index (χ1) is 22.2. The maximum atomic E-state index is 14.7. The topological polar surface area (TPSA) is 84.9 Å². The number of nitrogens with zero attached hydrogens (tertiary/aromatic N) is 1. The molecular weight excluding hydrogens is 612 g/mol. The zero-order valence-electron chi connectivity index (χ0n) is 35.0. The van der Waals surface area contributed by atoms with E-state index in [-0.39, 0.29) is 64.6 Å². The first kappa shape index (κ1) is 43.1. The lowest BCUT2D eigenvalue weighted by Gasteiger charge is -2.50. The Balaban J connectivity index is 2.38. The fourth-order valence-electron chi connectivity index (χ4n) is 8.21. The van der Waals surface area contributed by atoms with Gasteiger partial charge in [0.2, 0.25) is 5.91 Å². The summed E-state index contributed by atoms with van der Waals surface area (Å²) in [7, 11) is 1.98. The molecule has 1 amide bonds. The molecule has 4 atom stereocenters. The van der Waals surface area contributed by atoms with Crippen molar-refractivity contribution >= 4 is 17.8 Å². The molecule has 0 aromatic carbocycles. The molecule has 4 unspecified atom stereocenters. The van der Waals surface area contributed by atoms with Gasteiger partial charge in [-0.25, -0.2) is 0 Å². The Hall–Kier alpha value is -2.05. The third kappa shape index (κ3) is 9.44. The van der Waals surface area contributed by atoms with Crippen LogP contribution >= 0.6 is 0 Å². The van der Waals surface area contributed by atoms with Gasteiger partial charge in [-0.2, -0.15) is 0 Å². The van der Waals surface area contributed by atoms with Crippen molar-refractivity contribution in [1.29, 1.82) is 0 Å². The molecule has 0 radical (unpaired) electrons. The second kappa shape index (κ2) is 15.7. The van der Waals surface area contributed by atoms with Crippen LogP contribution in [-0.4, -0.2) is 48.7 Å². The van der Waals surface area contributed by atoms with Gasteiger partial charge < -0.3 is 19.7 Å². The van der Waals surface area contributed by atoms with Gasteiger partial charge in [0.1, 0.15) is 18.2 Å². The van der Waals surface area contributed by atoms with E-state index in [1.54, 1.807) is 0 Å². The minimum absolute atomic E-state index is 0.0193. The molecule has 0 aromatic heterocycles. The average molecular weight is 689 g/mol. The van der Waals surface area contributed by atoms with E-state index in [0.717, 1.165) is 24.1 Å². The molecule has 49 heavy (non-hydrogen) atoms. The molecule has 1 saturated carbocycles. The average Bonchev–Trinajstić information content (AvgIpc) is 3.21. The van der Waals surface area contributed by atoms with E-state index in [4.69, 9.17) is 9.47 Å². The number of nitrogens with one attached hydrogen (secondary N) is 1. The number of hydrogen-bond donors (Lipinski definition) is 1. The van der Waals surface area contributed by atoms with E-state index >= 15 is 0 Å². The SMILES string of the molecule is CCC(CC)(CCCOC(=O)C(C)(C)C(C)(C)C)C(=O)NC1C(C(=O)OC2C(C(C)(C)C)CC(C)CC2C(C)(C)C)C(C(C)C)=C(C)N1C. The summed E-state index contributed by atoms with van der Waals surface area (Å²) in [6.45, 7) is 36.6. The molecule has 0 aromatic rings. The van der Waals surface area contributed by atoms with E-state index in [1.807, 2.05) is 55.5 Å². The highest BCUT2D eigenvalue weighted by molar-refractivity contribution is 5.85. The van der Waals surface area contributed by atoms with E-state index in [0.29, 0.717) is 31.6 Å². The van der Waals surface area contributed by atoms with Crippen LogP contribution in [-0.2, 0) is 23.9 Å². The van der Waals surface area contributed by atoms with E-state index in [9.17, 15) is 14.4 Å². The van der Waals surface area contributed by atoms with Crippen molar-refractivity contribution in [2.24, 2.45) is 56.7 Å². The third-order valence-electron chi connectivity index (χ3n) is 13.0. The molecule has 2 aliphatic rings. The quantitative estimate of drug-likeness (QED) is 0.162. The van der Waals surface area contributed by atoms with Crippen LogP contribution in [0.2, 0.25) is 0 Å². The highest BCUT2D eigenvalue weighted by Gasteiger charge is 2.52. The molecule has 7 nitrogen and oxygen atoms in total. The molecule has 1 aliphatic carbocycles. The molecule has 7 heteroatoms. The van der Waals surface area contributed by atoms with Gasteiger partial charge in [-0.05, 0) is 93.0 Å². The third-order valence-corrected chi connectivity index (χ3v) is 13.0. The van der Waals surface area contributed by atoms with Crippen molar-refractivity contribution in [3.05, 3.63) is 11.3 Å². The summed E-state index contributed by atoms with van der Waals surface area (Å²) in [4.78, 5) is 44.1. The summed E-state index contributed by atoms with van der Waals surface area (Å²) >= 11 is 0. The lowest BCUT2D eigenvalue weighted by molar-refractivity contribution is -0.174. The van der Waals surface area contributed by atoms with Crippen LogP contribution in [0.25, 0.3) is 0 Å². The minimum atomic E-state index is -0.649. The number of ether oxygens (including phenoxy) is 2.